The highest BCUT2D eigenvalue weighted by Gasteiger charge is 2.16. The van der Waals surface area contributed by atoms with Gasteiger partial charge in [-0.05, 0) is 68.0 Å². The molecule has 0 amide bonds. The molecule has 1 atom stereocenters. The molecule has 2 aromatic rings. The van der Waals surface area contributed by atoms with Crippen LogP contribution in [0.4, 0.5) is 10.1 Å². The van der Waals surface area contributed by atoms with E-state index in [0.717, 1.165) is 23.0 Å². The summed E-state index contributed by atoms with van der Waals surface area (Å²) in [5.74, 6) is -0.164. The van der Waals surface area contributed by atoms with E-state index in [1.807, 2.05) is 13.0 Å². The van der Waals surface area contributed by atoms with Crippen LogP contribution in [0.5, 0.6) is 0 Å². The van der Waals surface area contributed by atoms with Gasteiger partial charge in [0.2, 0.25) is 0 Å². The van der Waals surface area contributed by atoms with E-state index in [4.69, 9.17) is 0 Å². The lowest BCUT2D eigenvalue weighted by atomic mass is 9.90. The molecular weight excluding hydrogens is 329 g/mol. The summed E-state index contributed by atoms with van der Waals surface area (Å²) in [5, 5.41) is 3.49. The van der Waals surface area contributed by atoms with Gasteiger partial charge in [0.25, 0.3) is 0 Å². The predicted octanol–water partition coefficient (Wildman–Crippen LogP) is 5.64. The van der Waals surface area contributed by atoms with E-state index in [2.05, 4.69) is 39.4 Å². The molecule has 21 heavy (non-hydrogen) atoms. The van der Waals surface area contributed by atoms with Crippen LogP contribution in [-0.4, -0.2) is 0 Å². The minimum Gasteiger partial charge on any atom is -0.378 e. The molecule has 0 saturated heterocycles. The average molecular weight is 348 g/mol. The van der Waals surface area contributed by atoms with Crippen LogP contribution in [0.1, 0.15) is 42.5 Å². The summed E-state index contributed by atoms with van der Waals surface area (Å²) in [4.78, 5) is 0. The highest BCUT2D eigenvalue weighted by Crippen LogP contribution is 2.31. The van der Waals surface area contributed by atoms with Crippen molar-refractivity contribution >= 4 is 21.6 Å². The van der Waals surface area contributed by atoms with Crippen LogP contribution >= 0.6 is 15.9 Å². The second-order valence-electron chi connectivity index (χ2n) is 5.68. The summed E-state index contributed by atoms with van der Waals surface area (Å²) in [6.07, 6.45) is 4.79. The van der Waals surface area contributed by atoms with Gasteiger partial charge in [0.1, 0.15) is 5.82 Å². The molecule has 0 fully saturated rings. The van der Waals surface area contributed by atoms with Crippen molar-refractivity contribution in [3.63, 3.8) is 0 Å². The topological polar surface area (TPSA) is 12.0 Å². The van der Waals surface area contributed by atoms with Gasteiger partial charge < -0.3 is 5.32 Å². The van der Waals surface area contributed by atoms with Gasteiger partial charge in [-0.1, -0.05) is 28.1 Å². The monoisotopic (exact) mass is 347 g/mol. The summed E-state index contributed by atoms with van der Waals surface area (Å²) in [5.41, 5.74) is 4.69. The molecule has 3 rings (SSSR count). The van der Waals surface area contributed by atoms with Crippen molar-refractivity contribution in [1.82, 2.24) is 0 Å². The highest BCUT2D eigenvalue weighted by atomic mass is 79.9. The Labute approximate surface area is 133 Å². The van der Waals surface area contributed by atoms with Crippen LogP contribution < -0.4 is 5.32 Å². The number of halogens is 2. The zero-order chi connectivity index (χ0) is 14.8. The molecular formula is C18H19BrFN. The summed E-state index contributed by atoms with van der Waals surface area (Å²) >= 11 is 3.42. The zero-order valence-corrected chi connectivity index (χ0v) is 13.7. The standard InChI is InChI=1S/C18H19BrFN/c1-12(16-11-14(19)9-10-17(16)20)21-18-8-4-6-13-5-2-3-7-15(13)18/h4,6,8-12,21H,2-3,5,7H2,1H3. The quantitative estimate of drug-likeness (QED) is 0.757. The molecule has 1 N–H and O–H groups in total. The number of hydrogen-bond donors (Lipinski definition) is 1. The Bertz CT molecular complexity index is 654. The van der Waals surface area contributed by atoms with Crippen LogP contribution in [-0.2, 0) is 12.8 Å². The number of anilines is 1. The number of benzene rings is 2. The van der Waals surface area contributed by atoms with Crippen LogP contribution in [0.2, 0.25) is 0 Å². The summed E-state index contributed by atoms with van der Waals surface area (Å²) in [7, 11) is 0. The molecule has 110 valence electrons. The van der Waals surface area contributed by atoms with Crippen LogP contribution in [0.3, 0.4) is 0 Å². The lowest BCUT2D eigenvalue weighted by Crippen LogP contribution is -2.13. The van der Waals surface area contributed by atoms with E-state index in [1.54, 1.807) is 6.07 Å². The fraction of sp³-hybridized carbons (Fsp3) is 0.333. The predicted molar refractivity (Wildman–Crippen MR) is 89.2 cm³/mol. The number of nitrogens with one attached hydrogen (secondary N) is 1. The van der Waals surface area contributed by atoms with Crippen molar-refractivity contribution in [1.29, 1.82) is 0 Å². The Morgan fingerprint density at radius 1 is 1.14 bits per heavy atom. The maximum Gasteiger partial charge on any atom is 0.128 e. The van der Waals surface area contributed by atoms with Crippen LogP contribution in [0.15, 0.2) is 40.9 Å². The minimum atomic E-state index is -0.164. The Balaban J connectivity index is 1.88. The zero-order valence-electron chi connectivity index (χ0n) is 12.1. The van der Waals surface area contributed by atoms with Gasteiger partial charge in [0.15, 0.2) is 0 Å². The minimum absolute atomic E-state index is 0.0593. The highest BCUT2D eigenvalue weighted by molar-refractivity contribution is 9.10. The van der Waals surface area contributed by atoms with E-state index in [-0.39, 0.29) is 11.9 Å². The van der Waals surface area contributed by atoms with Crippen molar-refractivity contribution in [2.45, 2.75) is 38.6 Å². The number of rotatable bonds is 3. The Kier molecular flexibility index (Phi) is 4.29. The molecule has 0 saturated carbocycles. The molecule has 1 nitrogen and oxygen atoms in total. The fourth-order valence-corrected chi connectivity index (χ4v) is 3.45. The molecule has 0 bridgehead atoms. The lowest BCUT2D eigenvalue weighted by molar-refractivity contribution is 0.599. The number of fused-ring (bicyclic) bond motifs is 1. The van der Waals surface area contributed by atoms with Crippen LogP contribution in [0.25, 0.3) is 0 Å². The van der Waals surface area contributed by atoms with E-state index in [9.17, 15) is 4.39 Å². The Hall–Kier alpha value is -1.35. The summed E-state index contributed by atoms with van der Waals surface area (Å²) < 4.78 is 14.9. The summed E-state index contributed by atoms with van der Waals surface area (Å²) in [6, 6.07) is 11.4. The van der Waals surface area contributed by atoms with Crippen molar-refractivity contribution in [2.24, 2.45) is 0 Å². The van der Waals surface area contributed by atoms with Gasteiger partial charge in [-0.15, -0.1) is 0 Å². The molecule has 3 heteroatoms. The second kappa shape index (κ2) is 6.18. The Morgan fingerprint density at radius 2 is 1.95 bits per heavy atom. The van der Waals surface area contributed by atoms with Gasteiger partial charge in [-0.3, -0.25) is 0 Å². The first-order valence-corrected chi connectivity index (χ1v) is 8.26. The van der Waals surface area contributed by atoms with Crippen molar-refractivity contribution in [2.75, 3.05) is 5.32 Å². The fourth-order valence-electron chi connectivity index (χ4n) is 3.07. The van der Waals surface area contributed by atoms with Crippen molar-refractivity contribution < 1.29 is 4.39 Å². The normalized spacial score (nSPS) is 15.4. The molecule has 1 aliphatic rings. The van der Waals surface area contributed by atoms with Crippen molar-refractivity contribution in [3.8, 4) is 0 Å². The molecule has 0 aromatic heterocycles. The largest absolute Gasteiger partial charge is 0.378 e. The molecule has 1 unspecified atom stereocenters. The maximum absolute atomic E-state index is 14.0. The molecule has 1 aliphatic carbocycles. The Morgan fingerprint density at radius 3 is 2.81 bits per heavy atom. The molecule has 0 aliphatic heterocycles. The van der Waals surface area contributed by atoms with Crippen LogP contribution in [0, 0.1) is 5.82 Å². The number of hydrogen-bond acceptors (Lipinski definition) is 1. The van der Waals surface area contributed by atoms with E-state index >= 15 is 0 Å². The third-order valence-electron chi connectivity index (χ3n) is 4.19. The molecule has 0 heterocycles. The molecule has 2 aromatic carbocycles. The average Bonchev–Trinajstić information content (AvgIpc) is 2.50. The number of aryl methyl sites for hydroxylation is 1. The first kappa shape index (κ1) is 14.6. The maximum atomic E-state index is 14.0. The van der Waals surface area contributed by atoms with Gasteiger partial charge >= 0.3 is 0 Å². The van der Waals surface area contributed by atoms with E-state index in [1.165, 1.54) is 30.0 Å². The molecule has 0 radical (unpaired) electrons. The smallest absolute Gasteiger partial charge is 0.128 e. The first-order valence-electron chi connectivity index (χ1n) is 7.47. The SMILES string of the molecule is CC(Nc1cccc2c1CCCC2)c1cc(Br)ccc1F. The van der Waals surface area contributed by atoms with E-state index in [0.29, 0.717) is 5.56 Å². The van der Waals surface area contributed by atoms with Gasteiger partial charge in [-0.2, -0.15) is 0 Å². The van der Waals surface area contributed by atoms with Crippen molar-refractivity contribution in [3.05, 3.63) is 63.4 Å². The second-order valence-corrected chi connectivity index (χ2v) is 6.60. The molecule has 0 spiro atoms. The third kappa shape index (κ3) is 3.13. The van der Waals surface area contributed by atoms with Gasteiger partial charge in [0, 0.05) is 15.7 Å². The summed E-state index contributed by atoms with van der Waals surface area (Å²) in [6.45, 7) is 2.01. The lowest BCUT2D eigenvalue weighted by Gasteiger charge is -2.23. The van der Waals surface area contributed by atoms with Gasteiger partial charge in [0.05, 0.1) is 6.04 Å². The third-order valence-corrected chi connectivity index (χ3v) is 4.69. The first-order chi connectivity index (χ1) is 10.1. The van der Waals surface area contributed by atoms with E-state index < -0.39 is 0 Å². The van der Waals surface area contributed by atoms with Gasteiger partial charge in [-0.25, -0.2) is 4.39 Å².